The lowest BCUT2D eigenvalue weighted by Crippen LogP contribution is -2.53. The SMILES string of the molecule is O=C(O)N1CCN(C(=O)[C@@H]2CCCN(C3CC3)C2)CC1. The average molecular weight is 281 g/mol. The molecule has 0 aromatic carbocycles. The Bertz CT molecular complexity index is 389. The molecule has 3 aliphatic rings. The van der Waals surface area contributed by atoms with Crippen LogP contribution < -0.4 is 0 Å². The first-order valence-corrected chi connectivity index (χ1v) is 7.66. The van der Waals surface area contributed by atoms with Gasteiger partial charge in [0, 0.05) is 38.8 Å². The van der Waals surface area contributed by atoms with Crippen LogP contribution in [0.1, 0.15) is 25.7 Å². The summed E-state index contributed by atoms with van der Waals surface area (Å²) in [5, 5.41) is 8.93. The maximum absolute atomic E-state index is 12.6. The Labute approximate surface area is 119 Å². The van der Waals surface area contributed by atoms with E-state index in [1.165, 1.54) is 17.7 Å². The molecule has 2 amide bonds. The van der Waals surface area contributed by atoms with Crippen molar-refractivity contribution in [2.75, 3.05) is 39.3 Å². The normalized spacial score (nSPS) is 28.5. The summed E-state index contributed by atoms with van der Waals surface area (Å²) in [7, 11) is 0. The quantitative estimate of drug-likeness (QED) is 0.808. The highest BCUT2D eigenvalue weighted by atomic mass is 16.4. The first kappa shape index (κ1) is 13.7. The summed E-state index contributed by atoms with van der Waals surface area (Å²) < 4.78 is 0. The molecule has 0 bridgehead atoms. The van der Waals surface area contributed by atoms with Crippen LogP contribution in [0, 0.1) is 5.92 Å². The van der Waals surface area contributed by atoms with Crippen molar-refractivity contribution in [2.24, 2.45) is 5.92 Å². The number of hydrogen-bond acceptors (Lipinski definition) is 3. The van der Waals surface area contributed by atoms with Crippen LogP contribution in [-0.4, -0.2) is 77.1 Å². The second-order valence-corrected chi connectivity index (χ2v) is 6.16. The molecule has 6 heteroatoms. The number of piperazine rings is 1. The van der Waals surface area contributed by atoms with Crippen molar-refractivity contribution in [3.63, 3.8) is 0 Å². The summed E-state index contributed by atoms with van der Waals surface area (Å²) in [6.45, 7) is 4.03. The number of nitrogens with zero attached hydrogens (tertiary/aromatic N) is 3. The Kier molecular flexibility index (Phi) is 3.83. The standard InChI is InChI=1S/C14H23N3O3/c18-13(15-6-8-16(9-7-15)14(19)20)11-2-1-5-17(10-11)12-3-4-12/h11-12H,1-10H2,(H,19,20)/t11-/m1/s1. The number of carbonyl (C=O) groups is 2. The summed E-state index contributed by atoms with van der Waals surface area (Å²) in [5.41, 5.74) is 0. The number of likely N-dealkylation sites (tertiary alicyclic amines) is 1. The molecule has 0 unspecified atom stereocenters. The summed E-state index contributed by atoms with van der Waals surface area (Å²) in [6.07, 6.45) is 3.80. The molecule has 2 heterocycles. The molecule has 2 saturated heterocycles. The molecule has 0 radical (unpaired) electrons. The Balaban J connectivity index is 1.52. The van der Waals surface area contributed by atoms with Crippen molar-refractivity contribution in [2.45, 2.75) is 31.7 Å². The molecule has 0 aromatic heterocycles. The van der Waals surface area contributed by atoms with E-state index in [0.29, 0.717) is 26.2 Å². The Morgan fingerprint density at radius 2 is 1.55 bits per heavy atom. The molecule has 1 saturated carbocycles. The van der Waals surface area contributed by atoms with Crippen LogP contribution >= 0.6 is 0 Å². The molecule has 0 aromatic rings. The Hall–Kier alpha value is -1.30. The highest BCUT2D eigenvalue weighted by Gasteiger charge is 2.36. The molecule has 1 N–H and O–H groups in total. The molecule has 0 spiro atoms. The minimum absolute atomic E-state index is 0.126. The van der Waals surface area contributed by atoms with Crippen LogP contribution in [-0.2, 0) is 4.79 Å². The van der Waals surface area contributed by atoms with Gasteiger partial charge >= 0.3 is 6.09 Å². The van der Waals surface area contributed by atoms with Gasteiger partial charge in [-0.05, 0) is 32.2 Å². The second-order valence-electron chi connectivity index (χ2n) is 6.16. The lowest BCUT2D eigenvalue weighted by molar-refractivity contribution is -0.139. The van der Waals surface area contributed by atoms with Gasteiger partial charge in [-0.1, -0.05) is 0 Å². The number of hydrogen-bond donors (Lipinski definition) is 1. The van der Waals surface area contributed by atoms with E-state index in [-0.39, 0.29) is 11.8 Å². The lowest BCUT2D eigenvalue weighted by atomic mass is 9.96. The predicted molar refractivity (Wildman–Crippen MR) is 73.5 cm³/mol. The van der Waals surface area contributed by atoms with Gasteiger partial charge in [0.25, 0.3) is 0 Å². The summed E-state index contributed by atoms with van der Waals surface area (Å²) in [6, 6.07) is 0.731. The van der Waals surface area contributed by atoms with Crippen LogP contribution in [0.3, 0.4) is 0 Å². The van der Waals surface area contributed by atoms with Crippen molar-refractivity contribution < 1.29 is 14.7 Å². The van der Waals surface area contributed by atoms with Crippen molar-refractivity contribution in [3.05, 3.63) is 0 Å². The van der Waals surface area contributed by atoms with Crippen LogP contribution in [0.15, 0.2) is 0 Å². The fourth-order valence-corrected chi connectivity index (χ4v) is 3.36. The van der Waals surface area contributed by atoms with E-state index < -0.39 is 6.09 Å². The van der Waals surface area contributed by atoms with Crippen LogP contribution in [0.25, 0.3) is 0 Å². The molecule has 20 heavy (non-hydrogen) atoms. The van der Waals surface area contributed by atoms with Gasteiger partial charge in [-0.15, -0.1) is 0 Å². The van der Waals surface area contributed by atoms with Gasteiger partial charge in [0.2, 0.25) is 5.91 Å². The van der Waals surface area contributed by atoms with E-state index >= 15 is 0 Å². The summed E-state index contributed by atoms with van der Waals surface area (Å²) in [4.78, 5) is 29.1. The third-order valence-corrected chi connectivity index (χ3v) is 4.73. The maximum Gasteiger partial charge on any atom is 0.407 e. The molecule has 3 fully saturated rings. The Morgan fingerprint density at radius 3 is 2.15 bits per heavy atom. The highest BCUT2D eigenvalue weighted by Crippen LogP contribution is 2.31. The van der Waals surface area contributed by atoms with E-state index in [1.54, 1.807) is 0 Å². The van der Waals surface area contributed by atoms with E-state index in [4.69, 9.17) is 5.11 Å². The van der Waals surface area contributed by atoms with Crippen LogP contribution in [0.2, 0.25) is 0 Å². The molecule has 112 valence electrons. The van der Waals surface area contributed by atoms with Gasteiger partial charge in [-0.25, -0.2) is 4.79 Å². The summed E-state index contributed by atoms with van der Waals surface area (Å²) >= 11 is 0. The van der Waals surface area contributed by atoms with Gasteiger partial charge in [0.1, 0.15) is 0 Å². The number of carbonyl (C=O) groups excluding carboxylic acids is 1. The number of piperidine rings is 1. The zero-order valence-corrected chi connectivity index (χ0v) is 11.8. The van der Waals surface area contributed by atoms with Crippen molar-refractivity contribution in [1.82, 2.24) is 14.7 Å². The van der Waals surface area contributed by atoms with Crippen molar-refractivity contribution >= 4 is 12.0 Å². The van der Waals surface area contributed by atoms with Crippen molar-refractivity contribution in [3.8, 4) is 0 Å². The molecule has 6 nitrogen and oxygen atoms in total. The predicted octanol–water partition coefficient (Wildman–Crippen LogP) is 0.683. The zero-order valence-electron chi connectivity index (χ0n) is 11.8. The number of carboxylic acid groups (broad SMARTS) is 1. The smallest absolute Gasteiger partial charge is 0.407 e. The third kappa shape index (κ3) is 2.90. The minimum Gasteiger partial charge on any atom is -0.465 e. The second kappa shape index (κ2) is 5.60. The van der Waals surface area contributed by atoms with Gasteiger partial charge in [-0.3, -0.25) is 9.69 Å². The first-order valence-electron chi connectivity index (χ1n) is 7.66. The largest absolute Gasteiger partial charge is 0.465 e. The lowest BCUT2D eigenvalue weighted by Gasteiger charge is -2.38. The van der Waals surface area contributed by atoms with Crippen LogP contribution in [0.4, 0.5) is 4.79 Å². The fourth-order valence-electron chi connectivity index (χ4n) is 3.36. The van der Waals surface area contributed by atoms with Crippen LogP contribution in [0.5, 0.6) is 0 Å². The fraction of sp³-hybridized carbons (Fsp3) is 0.857. The van der Waals surface area contributed by atoms with E-state index in [2.05, 4.69) is 4.90 Å². The molecule has 2 aliphatic heterocycles. The van der Waals surface area contributed by atoms with E-state index in [1.807, 2.05) is 4.90 Å². The summed E-state index contributed by atoms with van der Waals surface area (Å²) in [5.74, 6) is 0.362. The maximum atomic E-state index is 12.6. The number of rotatable bonds is 2. The highest BCUT2D eigenvalue weighted by molar-refractivity contribution is 5.79. The molecular formula is C14H23N3O3. The van der Waals surface area contributed by atoms with Gasteiger partial charge in [0.05, 0.1) is 5.92 Å². The topological polar surface area (TPSA) is 64.1 Å². The zero-order chi connectivity index (χ0) is 14.1. The third-order valence-electron chi connectivity index (χ3n) is 4.73. The molecule has 1 atom stereocenters. The first-order chi connectivity index (χ1) is 9.65. The Morgan fingerprint density at radius 1 is 0.900 bits per heavy atom. The average Bonchev–Trinajstić information content (AvgIpc) is 3.31. The van der Waals surface area contributed by atoms with Gasteiger partial charge in [0.15, 0.2) is 0 Å². The van der Waals surface area contributed by atoms with Gasteiger partial charge < -0.3 is 14.9 Å². The van der Waals surface area contributed by atoms with Crippen molar-refractivity contribution in [1.29, 1.82) is 0 Å². The van der Waals surface area contributed by atoms with E-state index in [9.17, 15) is 9.59 Å². The molecule has 3 rings (SSSR count). The molecule has 1 aliphatic carbocycles. The van der Waals surface area contributed by atoms with E-state index in [0.717, 1.165) is 32.0 Å². The molecular weight excluding hydrogens is 258 g/mol. The number of amides is 2. The van der Waals surface area contributed by atoms with Gasteiger partial charge in [-0.2, -0.15) is 0 Å². The monoisotopic (exact) mass is 281 g/mol. The minimum atomic E-state index is -0.880.